The molecule has 0 aliphatic carbocycles. The summed E-state index contributed by atoms with van der Waals surface area (Å²) in [6.07, 6.45) is 0. The van der Waals surface area contributed by atoms with E-state index in [0.29, 0.717) is 12.4 Å². The van der Waals surface area contributed by atoms with Crippen molar-refractivity contribution in [1.82, 2.24) is 5.43 Å². The van der Waals surface area contributed by atoms with Crippen molar-refractivity contribution >= 4 is 39.3 Å². The van der Waals surface area contributed by atoms with Crippen molar-refractivity contribution in [2.75, 3.05) is 12.4 Å². The number of hydrogen-bond donors (Lipinski definition) is 1. The number of nitrogens with one attached hydrogen (secondary N) is 1. The number of hydrazone groups is 1. The molecule has 0 fully saturated rings. The summed E-state index contributed by atoms with van der Waals surface area (Å²) in [6, 6.07) is 15.7. The van der Waals surface area contributed by atoms with Crippen LogP contribution in [0.5, 0.6) is 5.75 Å². The summed E-state index contributed by atoms with van der Waals surface area (Å²) in [4.78, 5) is 11.9. The molecule has 0 aliphatic rings. The molecule has 1 N–H and O–H groups in total. The van der Waals surface area contributed by atoms with Gasteiger partial charge in [-0.05, 0) is 61.4 Å². The molecule has 0 atom stereocenters. The number of hydrogen-bond acceptors (Lipinski definition) is 4. The van der Waals surface area contributed by atoms with E-state index in [9.17, 15) is 4.79 Å². The smallest absolute Gasteiger partial charge is 0.250 e. The topological polar surface area (TPSA) is 50.7 Å². The lowest BCUT2D eigenvalue weighted by Gasteiger charge is -2.06. The maximum Gasteiger partial charge on any atom is 0.250 e. The Balaban J connectivity index is 1.78. The van der Waals surface area contributed by atoms with Gasteiger partial charge in [0.05, 0.1) is 18.1 Å². The van der Waals surface area contributed by atoms with E-state index >= 15 is 0 Å². The summed E-state index contributed by atoms with van der Waals surface area (Å²) < 4.78 is 6.46. The minimum atomic E-state index is -0.106. The first kappa shape index (κ1) is 19.5. The molecule has 4 nitrogen and oxygen atoms in total. The highest BCUT2D eigenvalue weighted by molar-refractivity contribution is 9.10. The minimum absolute atomic E-state index is 0.106. The molecule has 1 amide bonds. The van der Waals surface area contributed by atoms with Gasteiger partial charge in [-0.3, -0.25) is 4.79 Å². The van der Waals surface area contributed by atoms with Gasteiger partial charge in [0, 0.05) is 10.2 Å². The van der Waals surface area contributed by atoms with Gasteiger partial charge in [0.15, 0.2) is 0 Å². The molecule has 0 saturated carbocycles. The third-order valence-corrected chi connectivity index (χ3v) is 4.82. The van der Waals surface area contributed by atoms with Gasteiger partial charge in [-0.1, -0.05) is 28.1 Å². The zero-order chi connectivity index (χ0) is 18.1. The summed E-state index contributed by atoms with van der Waals surface area (Å²) in [5, 5.41) is 4.17. The van der Waals surface area contributed by atoms with Gasteiger partial charge in [-0.2, -0.15) is 5.10 Å². The second-order valence-corrected chi connectivity index (χ2v) is 7.21. The van der Waals surface area contributed by atoms with E-state index in [1.54, 1.807) is 11.8 Å². The molecule has 2 aromatic rings. The fourth-order valence-electron chi connectivity index (χ4n) is 2.09. The second-order valence-electron chi connectivity index (χ2n) is 5.31. The second kappa shape index (κ2) is 10.3. The first-order valence-electron chi connectivity index (χ1n) is 7.97. The normalized spacial score (nSPS) is 11.2. The minimum Gasteiger partial charge on any atom is -0.494 e. The van der Waals surface area contributed by atoms with Crippen molar-refractivity contribution in [3.05, 3.63) is 64.1 Å². The molecular formula is C19H21BrN2O2S. The molecule has 0 aliphatic heterocycles. The third kappa shape index (κ3) is 6.92. The number of carbonyl (C=O) groups is 1. The fourth-order valence-corrected chi connectivity index (χ4v) is 3.30. The fraction of sp³-hybridized carbons (Fsp3) is 0.263. The van der Waals surface area contributed by atoms with Crippen LogP contribution in [0.15, 0.2) is 58.1 Å². The first-order chi connectivity index (χ1) is 12.1. The average molecular weight is 421 g/mol. The number of carbonyl (C=O) groups excluding carboxylic acids is 1. The maximum atomic E-state index is 11.9. The Morgan fingerprint density at radius 3 is 2.68 bits per heavy atom. The van der Waals surface area contributed by atoms with Crippen molar-refractivity contribution in [2.45, 2.75) is 19.6 Å². The van der Waals surface area contributed by atoms with Crippen LogP contribution in [0.3, 0.4) is 0 Å². The SMILES string of the molecule is CCOc1ccc(/C(C)=N\NC(=O)CSCc2cccc(Br)c2)cc1. The number of amides is 1. The highest BCUT2D eigenvalue weighted by Crippen LogP contribution is 2.17. The quantitative estimate of drug-likeness (QED) is 0.500. The maximum absolute atomic E-state index is 11.9. The van der Waals surface area contributed by atoms with Crippen molar-refractivity contribution in [3.8, 4) is 5.75 Å². The van der Waals surface area contributed by atoms with Crippen molar-refractivity contribution in [3.63, 3.8) is 0 Å². The molecule has 25 heavy (non-hydrogen) atoms. The summed E-state index contributed by atoms with van der Waals surface area (Å²) in [5.74, 6) is 1.87. The molecule has 6 heteroatoms. The summed E-state index contributed by atoms with van der Waals surface area (Å²) in [5.41, 5.74) is 5.50. The van der Waals surface area contributed by atoms with Gasteiger partial charge < -0.3 is 4.74 Å². The van der Waals surface area contributed by atoms with Gasteiger partial charge in [0.2, 0.25) is 5.91 Å². The highest BCUT2D eigenvalue weighted by atomic mass is 79.9. The number of rotatable bonds is 8. The number of ether oxygens (including phenoxy) is 1. The molecule has 0 bridgehead atoms. The number of halogens is 1. The average Bonchev–Trinajstić information content (AvgIpc) is 2.61. The van der Waals surface area contributed by atoms with Crippen molar-refractivity contribution in [1.29, 1.82) is 0 Å². The van der Waals surface area contributed by atoms with E-state index in [2.05, 4.69) is 32.5 Å². The Bertz CT molecular complexity index is 732. The zero-order valence-corrected chi connectivity index (χ0v) is 16.7. The van der Waals surface area contributed by atoms with Crippen LogP contribution in [-0.4, -0.2) is 24.0 Å². The lowest BCUT2D eigenvalue weighted by Crippen LogP contribution is -2.21. The van der Waals surface area contributed by atoms with E-state index in [1.165, 1.54) is 5.56 Å². The standard InChI is InChI=1S/C19H21BrN2O2S/c1-3-24-18-9-7-16(8-10-18)14(2)21-22-19(23)13-25-12-15-5-4-6-17(20)11-15/h4-11H,3,12-13H2,1-2H3,(H,22,23)/b21-14-. The van der Waals surface area contributed by atoms with E-state index in [4.69, 9.17) is 4.74 Å². The van der Waals surface area contributed by atoms with E-state index < -0.39 is 0 Å². The van der Waals surface area contributed by atoms with E-state index in [0.717, 1.165) is 27.3 Å². The number of benzene rings is 2. The predicted molar refractivity (Wildman–Crippen MR) is 108 cm³/mol. The van der Waals surface area contributed by atoms with Crippen LogP contribution in [0, 0.1) is 0 Å². The van der Waals surface area contributed by atoms with Gasteiger partial charge in [-0.25, -0.2) is 5.43 Å². The Morgan fingerprint density at radius 2 is 2.00 bits per heavy atom. The van der Waals surface area contributed by atoms with Crippen molar-refractivity contribution in [2.24, 2.45) is 5.10 Å². The molecule has 0 aromatic heterocycles. The monoisotopic (exact) mass is 420 g/mol. The van der Waals surface area contributed by atoms with E-state index in [1.807, 2.05) is 56.3 Å². The van der Waals surface area contributed by atoms with E-state index in [-0.39, 0.29) is 5.91 Å². The summed E-state index contributed by atoms with van der Waals surface area (Å²) in [6.45, 7) is 4.45. The Hall–Kier alpha value is -1.79. The van der Waals surface area contributed by atoms with Crippen LogP contribution < -0.4 is 10.2 Å². The Kier molecular flexibility index (Phi) is 8.01. The predicted octanol–water partition coefficient (Wildman–Crippen LogP) is 4.62. The van der Waals surface area contributed by atoms with Crippen LogP contribution in [-0.2, 0) is 10.5 Å². The lowest BCUT2D eigenvalue weighted by molar-refractivity contribution is -0.118. The Labute approximate surface area is 161 Å². The molecule has 0 saturated heterocycles. The molecule has 0 radical (unpaired) electrons. The molecule has 0 spiro atoms. The lowest BCUT2D eigenvalue weighted by atomic mass is 10.1. The van der Waals surface area contributed by atoms with Crippen LogP contribution >= 0.6 is 27.7 Å². The zero-order valence-electron chi connectivity index (χ0n) is 14.3. The largest absolute Gasteiger partial charge is 0.494 e. The van der Waals surface area contributed by atoms with Crippen LogP contribution in [0.2, 0.25) is 0 Å². The first-order valence-corrected chi connectivity index (χ1v) is 9.92. The molecule has 2 aromatic carbocycles. The van der Waals surface area contributed by atoms with Gasteiger partial charge in [0.1, 0.15) is 5.75 Å². The van der Waals surface area contributed by atoms with Gasteiger partial charge in [-0.15, -0.1) is 11.8 Å². The summed E-state index contributed by atoms with van der Waals surface area (Å²) in [7, 11) is 0. The Morgan fingerprint density at radius 1 is 1.24 bits per heavy atom. The van der Waals surface area contributed by atoms with Crippen molar-refractivity contribution < 1.29 is 9.53 Å². The molecule has 0 unspecified atom stereocenters. The van der Waals surface area contributed by atoms with Crippen LogP contribution in [0.25, 0.3) is 0 Å². The third-order valence-electron chi connectivity index (χ3n) is 3.32. The number of nitrogens with zero attached hydrogens (tertiary/aromatic N) is 1. The van der Waals surface area contributed by atoms with Gasteiger partial charge in [0.25, 0.3) is 0 Å². The molecule has 132 valence electrons. The molecule has 2 rings (SSSR count). The molecular weight excluding hydrogens is 400 g/mol. The number of thioether (sulfide) groups is 1. The molecule has 0 heterocycles. The highest BCUT2D eigenvalue weighted by Gasteiger charge is 2.03. The summed E-state index contributed by atoms with van der Waals surface area (Å²) >= 11 is 5.00. The van der Waals surface area contributed by atoms with Crippen LogP contribution in [0.4, 0.5) is 0 Å². The van der Waals surface area contributed by atoms with Crippen LogP contribution in [0.1, 0.15) is 25.0 Å². The van der Waals surface area contributed by atoms with Gasteiger partial charge >= 0.3 is 0 Å².